The summed E-state index contributed by atoms with van der Waals surface area (Å²) in [6.45, 7) is 4.52. The summed E-state index contributed by atoms with van der Waals surface area (Å²) in [5, 5.41) is 0.804. The largest absolute Gasteiger partial charge is 0.333 e. The average Bonchev–Trinajstić information content (AvgIpc) is 2.70. The monoisotopic (exact) mass is 375 g/mol. The molecule has 0 spiro atoms. The second-order valence-corrected chi connectivity index (χ2v) is 7.69. The Hall–Kier alpha value is -2.95. The van der Waals surface area contributed by atoms with E-state index < -0.39 is 0 Å². The van der Waals surface area contributed by atoms with E-state index in [9.17, 15) is 9.59 Å². The lowest BCUT2D eigenvalue weighted by Gasteiger charge is -2.39. The Bertz CT molecular complexity index is 1050. The molecule has 0 bridgehead atoms. The van der Waals surface area contributed by atoms with Crippen LogP contribution >= 0.6 is 0 Å². The molecule has 0 radical (unpaired) electrons. The van der Waals surface area contributed by atoms with Crippen molar-refractivity contribution in [2.75, 3.05) is 0 Å². The van der Waals surface area contributed by atoms with Crippen LogP contribution in [-0.4, -0.2) is 32.4 Å². The molecule has 3 aromatic rings. The minimum absolute atomic E-state index is 0.141. The van der Waals surface area contributed by atoms with E-state index in [1.807, 2.05) is 47.4 Å². The molecular weight excluding hydrogens is 350 g/mol. The van der Waals surface area contributed by atoms with Crippen molar-refractivity contribution in [1.29, 1.82) is 0 Å². The Morgan fingerprint density at radius 1 is 1.07 bits per heavy atom. The van der Waals surface area contributed by atoms with Gasteiger partial charge in [0.05, 0.1) is 6.54 Å². The van der Waals surface area contributed by atoms with Gasteiger partial charge in [-0.2, -0.15) is 0 Å². The van der Waals surface area contributed by atoms with Gasteiger partial charge in [0.1, 0.15) is 11.2 Å². The molecule has 0 N–H and O–H groups in total. The zero-order valence-electron chi connectivity index (χ0n) is 16.3. The van der Waals surface area contributed by atoms with Crippen molar-refractivity contribution in [3.05, 3.63) is 76.2 Å². The summed E-state index contributed by atoms with van der Waals surface area (Å²) in [5.41, 5.74) is 1.57. The molecule has 1 amide bonds. The van der Waals surface area contributed by atoms with E-state index in [4.69, 9.17) is 0 Å². The van der Waals surface area contributed by atoms with Gasteiger partial charge in [-0.3, -0.25) is 14.2 Å². The molecule has 2 atom stereocenters. The van der Waals surface area contributed by atoms with Crippen LogP contribution in [0.1, 0.15) is 49.0 Å². The minimum atomic E-state index is -0.273. The second kappa shape index (κ2) is 7.58. The van der Waals surface area contributed by atoms with Gasteiger partial charge in [0.15, 0.2) is 0 Å². The highest BCUT2D eigenvalue weighted by Crippen LogP contribution is 2.24. The highest BCUT2D eigenvalue weighted by atomic mass is 16.2. The topological polar surface area (TPSA) is 55.2 Å². The quantitative estimate of drug-likeness (QED) is 0.699. The van der Waals surface area contributed by atoms with Gasteiger partial charge in [0.2, 0.25) is 0 Å². The molecular formula is C23H25N3O2. The number of rotatable bonds is 3. The van der Waals surface area contributed by atoms with Crippen LogP contribution in [0.25, 0.3) is 11.0 Å². The van der Waals surface area contributed by atoms with E-state index in [2.05, 4.69) is 18.8 Å². The fraction of sp³-hybridized carbons (Fsp3) is 0.348. The normalized spacial score (nSPS) is 19.7. The number of aromatic nitrogens is 2. The van der Waals surface area contributed by atoms with Gasteiger partial charge in [-0.1, -0.05) is 30.3 Å². The third-order valence-electron chi connectivity index (χ3n) is 5.69. The van der Waals surface area contributed by atoms with E-state index >= 15 is 0 Å². The van der Waals surface area contributed by atoms with E-state index in [0.29, 0.717) is 12.2 Å². The number of carbonyl (C=O) groups is 1. The number of nitrogens with zero attached hydrogens (tertiary/aromatic N) is 3. The third kappa shape index (κ3) is 3.33. The number of hydrogen-bond acceptors (Lipinski definition) is 3. The van der Waals surface area contributed by atoms with Crippen molar-refractivity contribution in [1.82, 2.24) is 14.5 Å². The molecule has 28 heavy (non-hydrogen) atoms. The van der Waals surface area contributed by atoms with Crippen molar-refractivity contribution in [2.45, 2.75) is 51.7 Å². The first-order valence-electron chi connectivity index (χ1n) is 9.91. The lowest BCUT2D eigenvalue weighted by atomic mass is 9.96. The summed E-state index contributed by atoms with van der Waals surface area (Å²) in [5.74, 6) is -0.169. The number of likely N-dealkylation sites (tertiary alicyclic amines) is 1. The lowest BCUT2D eigenvalue weighted by molar-refractivity contribution is 0.0508. The van der Waals surface area contributed by atoms with Gasteiger partial charge in [0.25, 0.3) is 11.5 Å². The number of piperidine rings is 1. The van der Waals surface area contributed by atoms with Crippen LogP contribution in [0.4, 0.5) is 0 Å². The third-order valence-corrected chi connectivity index (χ3v) is 5.69. The van der Waals surface area contributed by atoms with Crippen molar-refractivity contribution < 1.29 is 4.79 Å². The number of benzene rings is 1. The van der Waals surface area contributed by atoms with Crippen LogP contribution in [0.3, 0.4) is 0 Å². The van der Waals surface area contributed by atoms with Gasteiger partial charge in [-0.25, -0.2) is 4.98 Å². The number of hydrogen-bond donors (Lipinski definition) is 0. The van der Waals surface area contributed by atoms with Crippen LogP contribution in [0.5, 0.6) is 0 Å². The minimum Gasteiger partial charge on any atom is -0.333 e. The highest BCUT2D eigenvalue weighted by Gasteiger charge is 2.31. The predicted octanol–water partition coefficient (Wildman–Crippen LogP) is 3.85. The van der Waals surface area contributed by atoms with Gasteiger partial charge >= 0.3 is 0 Å². The molecule has 5 heteroatoms. The zero-order chi connectivity index (χ0) is 19.7. The van der Waals surface area contributed by atoms with E-state index in [0.717, 1.165) is 30.2 Å². The maximum absolute atomic E-state index is 13.4. The van der Waals surface area contributed by atoms with Crippen molar-refractivity contribution in [3.63, 3.8) is 0 Å². The molecule has 5 nitrogen and oxygen atoms in total. The standard InChI is InChI=1S/C23H25N3O2/c1-16-8-6-9-17(2)26(16)23(28)20-14-19-12-7-13-24-21(19)25(22(20)27)15-18-10-4-3-5-11-18/h3-5,7,10-14,16-17H,6,8-9,15H2,1-2H3/t16-,17-/m0/s1. The first-order valence-corrected chi connectivity index (χ1v) is 9.91. The molecule has 1 saturated heterocycles. The van der Waals surface area contributed by atoms with Gasteiger partial charge in [0, 0.05) is 23.7 Å². The molecule has 1 aromatic carbocycles. The Morgan fingerprint density at radius 3 is 2.50 bits per heavy atom. The summed E-state index contributed by atoms with van der Waals surface area (Å²) in [6.07, 6.45) is 4.75. The number of pyridine rings is 2. The molecule has 2 aromatic heterocycles. The van der Waals surface area contributed by atoms with Crippen LogP contribution in [-0.2, 0) is 6.54 Å². The Morgan fingerprint density at radius 2 is 1.79 bits per heavy atom. The van der Waals surface area contributed by atoms with E-state index in [1.54, 1.807) is 16.8 Å². The van der Waals surface area contributed by atoms with E-state index in [1.165, 1.54) is 0 Å². The number of fused-ring (bicyclic) bond motifs is 1. The molecule has 1 fully saturated rings. The average molecular weight is 375 g/mol. The van der Waals surface area contributed by atoms with Crippen LogP contribution in [0.2, 0.25) is 0 Å². The molecule has 0 aliphatic carbocycles. The summed E-state index contributed by atoms with van der Waals surface area (Å²) in [6, 6.07) is 15.5. The fourth-order valence-electron chi connectivity index (χ4n) is 4.23. The summed E-state index contributed by atoms with van der Waals surface area (Å²) < 4.78 is 1.62. The Balaban J connectivity index is 1.84. The maximum Gasteiger partial charge on any atom is 0.265 e. The highest BCUT2D eigenvalue weighted by molar-refractivity contribution is 5.97. The van der Waals surface area contributed by atoms with Gasteiger partial charge in [-0.05, 0) is 56.9 Å². The van der Waals surface area contributed by atoms with Crippen molar-refractivity contribution in [2.24, 2.45) is 0 Å². The Labute approximate surface area is 164 Å². The predicted molar refractivity (Wildman–Crippen MR) is 110 cm³/mol. The maximum atomic E-state index is 13.4. The van der Waals surface area contributed by atoms with Gasteiger partial charge in [-0.15, -0.1) is 0 Å². The summed E-state index contributed by atoms with van der Waals surface area (Å²) in [4.78, 5) is 33.0. The number of amides is 1. The number of carbonyl (C=O) groups excluding carboxylic acids is 1. The van der Waals surface area contributed by atoms with Crippen LogP contribution < -0.4 is 5.56 Å². The first kappa shape index (κ1) is 18.4. The van der Waals surface area contributed by atoms with Crippen molar-refractivity contribution in [3.8, 4) is 0 Å². The SMILES string of the molecule is C[C@H]1CCC[C@H](C)N1C(=O)c1cc2cccnc2n(Cc2ccccc2)c1=O. The molecule has 0 unspecified atom stereocenters. The Kier molecular flexibility index (Phi) is 4.99. The first-order chi connectivity index (χ1) is 13.6. The summed E-state index contributed by atoms with van der Waals surface area (Å²) in [7, 11) is 0. The fourth-order valence-corrected chi connectivity index (χ4v) is 4.23. The van der Waals surface area contributed by atoms with Crippen LogP contribution in [0.15, 0.2) is 59.5 Å². The second-order valence-electron chi connectivity index (χ2n) is 7.69. The lowest BCUT2D eigenvalue weighted by Crippen LogP contribution is -2.49. The van der Waals surface area contributed by atoms with Crippen molar-refractivity contribution >= 4 is 16.9 Å². The molecule has 1 aliphatic heterocycles. The van der Waals surface area contributed by atoms with Gasteiger partial charge < -0.3 is 4.90 Å². The molecule has 4 rings (SSSR count). The molecule has 144 valence electrons. The van der Waals surface area contributed by atoms with Crippen LogP contribution in [0, 0.1) is 0 Å². The molecule has 0 saturated carbocycles. The summed E-state index contributed by atoms with van der Waals surface area (Å²) >= 11 is 0. The van der Waals surface area contributed by atoms with E-state index in [-0.39, 0.29) is 29.1 Å². The molecule has 1 aliphatic rings. The smallest absolute Gasteiger partial charge is 0.265 e. The zero-order valence-corrected chi connectivity index (χ0v) is 16.3. The molecule has 3 heterocycles.